The van der Waals surface area contributed by atoms with Crippen LogP contribution in [-0.2, 0) is 0 Å². The van der Waals surface area contributed by atoms with Gasteiger partial charge in [-0.25, -0.2) is 0 Å². The Morgan fingerprint density at radius 2 is 1.88 bits per heavy atom. The smallest absolute Gasteiger partial charge is 0.256 e. The summed E-state index contributed by atoms with van der Waals surface area (Å²) in [5.74, 6) is 3.73. The molecule has 0 aromatic carbocycles. The molecular weight excluding hydrogens is 202 g/mol. The van der Waals surface area contributed by atoms with Crippen molar-refractivity contribution < 1.29 is 9.21 Å². The van der Waals surface area contributed by atoms with E-state index in [9.17, 15) is 4.79 Å². The van der Waals surface area contributed by atoms with E-state index in [0.717, 1.165) is 11.3 Å². The van der Waals surface area contributed by atoms with Crippen LogP contribution in [0.2, 0.25) is 0 Å². The van der Waals surface area contributed by atoms with Crippen molar-refractivity contribution >= 4 is 5.91 Å². The third-order valence-electron chi connectivity index (χ3n) is 2.58. The van der Waals surface area contributed by atoms with E-state index < -0.39 is 5.54 Å². The van der Waals surface area contributed by atoms with E-state index in [4.69, 9.17) is 10.8 Å². The molecular formula is C13H17NO2. The molecule has 3 heteroatoms. The fraction of sp³-hybridized carbons (Fsp3) is 0.462. The van der Waals surface area contributed by atoms with Crippen molar-refractivity contribution in [3.8, 4) is 12.3 Å². The van der Waals surface area contributed by atoms with Gasteiger partial charge in [0.15, 0.2) is 0 Å². The van der Waals surface area contributed by atoms with Gasteiger partial charge in [0, 0.05) is 5.56 Å². The minimum atomic E-state index is -0.652. The highest BCUT2D eigenvalue weighted by molar-refractivity contribution is 5.97. The number of aryl methyl sites for hydroxylation is 2. The highest BCUT2D eigenvalue weighted by atomic mass is 16.3. The van der Waals surface area contributed by atoms with E-state index in [1.807, 2.05) is 13.8 Å². The predicted octanol–water partition coefficient (Wildman–Crippen LogP) is 2.35. The van der Waals surface area contributed by atoms with Crippen molar-refractivity contribution in [1.82, 2.24) is 5.32 Å². The molecule has 1 aromatic rings. The molecule has 1 N–H and O–H groups in total. The van der Waals surface area contributed by atoms with E-state index in [1.165, 1.54) is 0 Å². The second kappa shape index (κ2) is 4.05. The summed E-state index contributed by atoms with van der Waals surface area (Å²) in [5, 5.41) is 2.78. The molecule has 0 spiro atoms. The second-order valence-corrected chi connectivity index (χ2v) is 4.44. The molecule has 16 heavy (non-hydrogen) atoms. The van der Waals surface area contributed by atoms with Crippen molar-refractivity contribution in [2.45, 2.75) is 40.2 Å². The Kier molecular flexibility index (Phi) is 3.14. The average molecular weight is 219 g/mol. The van der Waals surface area contributed by atoms with Crippen LogP contribution in [0, 0.1) is 33.1 Å². The molecule has 0 aliphatic rings. The monoisotopic (exact) mass is 219 g/mol. The van der Waals surface area contributed by atoms with Crippen LogP contribution in [0.3, 0.4) is 0 Å². The van der Waals surface area contributed by atoms with Crippen molar-refractivity contribution in [2.75, 3.05) is 0 Å². The lowest BCUT2D eigenvalue weighted by Crippen LogP contribution is -2.42. The van der Waals surface area contributed by atoms with Crippen LogP contribution < -0.4 is 5.32 Å². The number of terminal acetylenes is 1. The van der Waals surface area contributed by atoms with Crippen molar-refractivity contribution in [2.24, 2.45) is 0 Å². The van der Waals surface area contributed by atoms with Crippen LogP contribution in [-0.4, -0.2) is 11.4 Å². The lowest BCUT2D eigenvalue weighted by atomic mass is 10.0. The zero-order valence-electron chi connectivity index (χ0n) is 10.4. The lowest BCUT2D eigenvalue weighted by molar-refractivity contribution is 0.0928. The van der Waals surface area contributed by atoms with Crippen LogP contribution in [0.25, 0.3) is 0 Å². The summed E-state index contributed by atoms with van der Waals surface area (Å²) in [6.45, 7) is 9.04. The maximum Gasteiger partial charge on any atom is 0.256 e. The molecule has 0 unspecified atom stereocenters. The van der Waals surface area contributed by atoms with Crippen LogP contribution in [0.5, 0.6) is 0 Å². The molecule has 0 atom stereocenters. The van der Waals surface area contributed by atoms with Gasteiger partial charge in [0.05, 0.1) is 11.1 Å². The summed E-state index contributed by atoms with van der Waals surface area (Å²) >= 11 is 0. The summed E-state index contributed by atoms with van der Waals surface area (Å²) < 4.78 is 5.40. The first-order valence-electron chi connectivity index (χ1n) is 5.15. The number of amides is 1. The van der Waals surface area contributed by atoms with Gasteiger partial charge in [-0.05, 0) is 34.6 Å². The molecule has 0 aliphatic carbocycles. The average Bonchev–Trinajstić information content (AvgIpc) is 2.40. The molecule has 0 saturated carbocycles. The predicted molar refractivity (Wildman–Crippen MR) is 63.3 cm³/mol. The summed E-state index contributed by atoms with van der Waals surface area (Å²) in [7, 11) is 0. The molecule has 0 bridgehead atoms. The molecule has 1 heterocycles. The fourth-order valence-electron chi connectivity index (χ4n) is 1.51. The van der Waals surface area contributed by atoms with E-state index in [0.29, 0.717) is 11.3 Å². The van der Waals surface area contributed by atoms with Gasteiger partial charge in [-0.2, -0.15) is 0 Å². The third kappa shape index (κ3) is 2.27. The molecule has 1 aromatic heterocycles. The standard InChI is InChI=1S/C13H17NO2/c1-7-13(5,6)14-12(15)11-8(2)9(3)16-10(11)4/h1H,2-6H3,(H,14,15). The maximum absolute atomic E-state index is 12.0. The minimum Gasteiger partial charge on any atom is -0.466 e. The molecule has 1 rings (SSSR count). The Morgan fingerprint density at radius 3 is 2.25 bits per heavy atom. The number of nitrogens with one attached hydrogen (secondary N) is 1. The van der Waals surface area contributed by atoms with E-state index in [1.54, 1.807) is 20.8 Å². The highest BCUT2D eigenvalue weighted by Gasteiger charge is 2.23. The highest BCUT2D eigenvalue weighted by Crippen LogP contribution is 2.21. The van der Waals surface area contributed by atoms with E-state index in [2.05, 4.69) is 11.2 Å². The molecule has 0 saturated heterocycles. The fourth-order valence-corrected chi connectivity index (χ4v) is 1.51. The first kappa shape index (κ1) is 12.4. The van der Waals surface area contributed by atoms with Crippen LogP contribution in [0.15, 0.2) is 4.42 Å². The molecule has 0 radical (unpaired) electrons. The van der Waals surface area contributed by atoms with Crippen molar-refractivity contribution in [3.63, 3.8) is 0 Å². The Labute approximate surface area is 96.2 Å². The van der Waals surface area contributed by atoms with Gasteiger partial charge in [-0.1, -0.05) is 5.92 Å². The minimum absolute atomic E-state index is 0.185. The largest absolute Gasteiger partial charge is 0.466 e. The molecule has 1 amide bonds. The first-order chi connectivity index (χ1) is 7.28. The number of carbonyl (C=O) groups is 1. The van der Waals surface area contributed by atoms with E-state index in [-0.39, 0.29) is 5.91 Å². The van der Waals surface area contributed by atoms with Gasteiger partial charge in [0.25, 0.3) is 5.91 Å². The number of carbonyl (C=O) groups excluding carboxylic acids is 1. The van der Waals surface area contributed by atoms with Crippen LogP contribution in [0.1, 0.15) is 41.3 Å². The Bertz CT molecular complexity index is 461. The number of hydrogen-bond acceptors (Lipinski definition) is 2. The molecule has 0 aliphatic heterocycles. The van der Waals surface area contributed by atoms with Gasteiger partial charge in [-0.15, -0.1) is 6.42 Å². The second-order valence-electron chi connectivity index (χ2n) is 4.44. The zero-order chi connectivity index (χ0) is 12.5. The normalized spacial score (nSPS) is 11.0. The zero-order valence-corrected chi connectivity index (χ0v) is 10.4. The first-order valence-corrected chi connectivity index (χ1v) is 5.15. The third-order valence-corrected chi connectivity index (χ3v) is 2.58. The van der Waals surface area contributed by atoms with Gasteiger partial charge in [0.2, 0.25) is 0 Å². The maximum atomic E-state index is 12.0. The summed E-state index contributed by atoms with van der Waals surface area (Å²) in [6, 6.07) is 0. The lowest BCUT2D eigenvalue weighted by Gasteiger charge is -2.19. The Morgan fingerprint density at radius 1 is 1.31 bits per heavy atom. The van der Waals surface area contributed by atoms with Gasteiger partial charge in [0.1, 0.15) is 11.5 Å². The quantitative estimate of drug-likeness (QED) is 0.776. The van der Waals surface area contributed by atoms with Gasteiger partial charge < -0.3 is 9.73 Å². The van der Waals surface area contributed by atoms with Crippen molar-refractivity contribution in [3.05, 3.63) is 22.6 Å². The Hall–Kier alpha value is -1.69. The van der Waals surface area contributed by atoms with Crippen LogP contribution >= 0.6 is 0 Å². The molecule has 86 valence electrons. The topological polar surface area (TPSA) is 42.2 Å². The van der Waals surface area contributed by atoms with Gasteiger partial charge in [-0.3, -0.25) is 4.79 Å². The number of furan rings is 1. The van der Waals surface area contributed by atoms with Gasteiger partial charge >= 0.3 is 0 Å². The van der Waals surface area contributed by atoms with E-state index >= 15 is 0 Å². The SMILES string of the molecule is C#CC(C)(C)NC(=O)c1c(C)oc(C)c1C. The van der Waals surface area contributed by atoms with Crippen LogP contribution in [0.4, 0.5) is 0 Å². The summed E-state index contributed by atoms with van der Waals surface area (Å²) in [5.41, 5.74) is 0.796. The molecule has 0 fully saturated rings. The summed E-state index contributed by atoms with van der Waals surface area (Å²) in [6.07, 6.45) is 5.33. The number of hydrogen-bond donors (Lipinski definition) is 1. The molecule has 3 nitrogen and oxygen atoms in total. The number of rotatable bonds is 2. The van der Waals surface area contributed by atoms with Crippen molar-refractivity contribution in [1.29, 1.82) is 0 Å². The summed E-state index contributed by atoms with van der Waals surface area (Å²) in [4.78, 5) is 12.0. The Balaban J connectivity index is 3.03.